The lowest BCUT2D eigenvalue weighted by molar-refractivity contribution is -0.385. The number of hydrogen-bond acceptors (Lipinski definition) is 5. The molecule has 1 aromatic heterocycles. The highest BCUT2D eigenvalue weighted by Crippen LogP contribution is 2.23. The van der Waals surface area contributed by atoms with E-state index in [1.54, 1.807) is 13.8 Å². The van der Waals surface area contributed by atoms with E-state index >= 15 is 0 Å². The summed E-state index contributed by atoms with van der Waals surface area (Å²) < 4.78 is 26.8. The molecule has 0 aliphatic rings. The summed E-state index contributed by atoms with van der Waals surface area (Å²) in [6, 6.07) is 4.85. The third-order valence-corrected chi connectivity index (χ3v) is 4.05. The second kappa shape index (κ2) is 4.93. The maximum atomic E-state index is 12.2. The summed E-state index contributed by atoms with van der Waals surface area (Å²) in [4.78, 5) is 9.86. The Kier molecular flexibility index (Phi) is 3.45. The average Bonchev–Trinajstić information content (AvgIpc) is 2.70. The van der Waals surface area contributed by atoms with Crippen LogP contribution in [0.25, 0.3) is 0 Å². The first-order valence-corrected chi connectivity index (χ1v) is 7.08. The maximum absolute atomic E-state index is 12.2. The van der Waals surface area contributed by atoms with Gasteiger partial charge >= 0.3 is 0 Å². The lowest BCUT2D eigenvalue weighted by Crippen LogP contribution is -2.14. The number of nitrogens with one attached hydrogen (secondary N) is 2. The van der Waals surface area contributed by atoms with Crippen molar-refractivity contribution < 1.29 is 13.3 Å². The van der Waals surface area contributed by atoms with Gasteiger partial charge < -0.3 is 0 Å². The molecule has 8 nitrogen and oxygen atoms in total. The van der Waals surface area contributed by atoms with Crippen LogP contribution < -0.4 is 4.72 Å². The predicted octanol–water partition coefficient (Wildman–Crippen LogP) is 1.74. The number of nitro benzene ring substituents is 1. The minimum atomic E-state index is -3.90. The van der Waals surface area contributed by atoms with Gasteiger partial charge in [0.25, 0.3) is 15.7 Å². The van der Waals surface area contributed by atoms with Crippen molar-refractivity contribution in [3.63, 3.8) is 0 Å². The molecule has 1 aromatic carbocycles. The van der Waals surface area contributed by atoms with E-state index in [1.807, 2.05) is 0 Å². The molecule has 2 rings (SSSR count). The molecule has 0 amide bonds. The topological polar surface area (TPSA) is 118 Å². The van der Waals surface area contributed by atoms with E-state index in [2.05, 4.69) is 14.9 Å². The normalized spacial score (nSPS) is 11.3. The van der Waals surface area contributed by atoms with Crippen molar-refractivity contribution >= 4 is 21.4 Å². The fourth-order valence-electron chi connectivity index (χ4n) is 1.66. The van der Waals surface area contributed by atoms with Gasteiger partial charge in [0.15, 0.2) is 0 Å². The number of aromatic amines is 1. The van der Waals surface area contributed by atoms with E-state index in [-0.39, 0.29) is 10.6 Å². The number of nitro groups is 1. The first-order chi connectivity index (χ1) is 9.31. The molecule has 20 heavy (non-hydrogen) atoms. The Bertz CT molecular complexity index is 747. The minimum absolute atomic E-state index is 0.174. The summed E-state index contributed by atoms with van der Waals surface area (Å²) in [7, 11) is -3.90. The molecule has 2 aromatic rings. The van der Waals surface area contributed by atoms with E-state index in [4.69, 9.17) is 0 Å². The fraction of sp³-hybridized carbons (Fsp3) is 0.182. The minimum Gasteiger partial charge on any atom is -0.280 e. The molecule has 2 N–H and O–H groups in total. The van der Waals surface area contributed by atoms with E-state index in [0.717, 1.165) is 6.07 Å². The molecule has 0 saturated carbocycles. The number of aryl methyl sites for hydroxylation is 2. The third-order valence-electron chi connectivity index (χ3n) is 2.70. The molecular weight excluding hydrogens is 284 g/mol. The van der Waals surface area contributed by atoms with Gasteiger partial charge in [-0.25, -0.2) is 8.42 Å². The largest absolute Gasteiger partial charge is 0.280 e. The van der Waals surface area contributed by atoms with E-state index in [9.17, 15) is 18.5 Å². The third kappa shape index (κ3) is 2.62. The van der Waals surface area contributed by atoms with Gasteiger partial charge in [0, 0.05) is 12.1 Å². The molecule has 0 fully saturated rings. The summed E-state index contributed by atoms with van der Waals surface area (Å²) in [5.74, 6) is 0. The molecule has 0 radical (unpaired) electrons. The number of nitrogens with zero attached hydrogens (tertiary/aromatic N) is 2. The number of H-pyrrole nitrogens is 1. The van der Waals surface area contributed by atoms with Crippen LogP contribution in [0.5, 0.6) is 0 Å². The molecule has 0 atom stereocenters. The van der Waals surface area contributed by atoms with Crippen LogP contribution in [0.2, 0.25) is 0 Å². The van der Waals surface area contributed by atoms with Crippen LogP contribution in [-0.2, 0) is 10.0 Å². The molecular formula is C11H12N4O4S. The zero-order valence-corrected chi connectivity index (χ0v) is 11.6. The quantitative estimate of drug-likeness (QED) is 0.658. The van der Waals surface area contributed by atoms with Crippen molar-refractivity contribution in [1.82, 2.24) is 10.2 Å². The van der Waals surface area contributed by atoms with E-state index in [0.29, 0.717) is 17.1 Å². The van der Waals surface area contributed by atoms with Gasteiger partial charge in [-0.15, -0.1) is 0 Å². The monoisotopic (exact) mass is 296 g/mol. The van der Waals surface area contributed by atoms with Crippen molar-refractivity contribution in [3.8, 4) is 0 Å². The summed E-state index contributed by atoms with van der Waals surface area (Å²) in [6.07, 6.45) is 0. The van der Waals surface area contributed by atoms with Gasteiger partial charge in [-0.3, -0.25) is 19.9 Å². The first-order valence-electron chi connectivity index (χ1n) is 5.60. The highest BCUT2D eigenvalue weighted by atomic mass is 32.2. The van der Waals surface area contributed by atoms with Gasteiger partial charge in [0.2, 0.25) is 0 Å². The first kappa shape index (κ1) is 14.0. The maximum Gasteiger partial charge on any atom is 0.270 e. The Morgan fingerprint density at radius 2 is 2.05 bits per heavy atom. The Hall–Kier alpha value is -2.42. The van der Waals surface area contributed by atoms with Crippen LogP contribution in [0, 0.1) is 24.0 Å². The van der Waals surface area contributed by atoms with Crippen molar-refractivity contribution in [3.05, 3.63) is 45.8 Å². The molecule has 106 valence electrons. The molecule has 0 saturated heterocycles. The summed E-state index contributed by atoms with van der Waals surface area (Å²) in [5.41, 5.74) is 1.12. The molecule has 0 bridgehead atoms. The highest BCUT2D eigenvalue weighted by Gasteiger charge is 2.20. The van der Waals surface area contributed by atoms with Crippen LogP contribution in [0.3, 0.4) is 0 Å². The fourth-order valence-corrected chi connectivity index (χ4v) is 2.88. The van der Waals surface area contributed by atoms with Gasteiger partial charge in [-0.05, 0) is 19.9 Å². The van der Waals surface area contributed by atoms with Gasteiger partial charge in [-0.1, -0.05) is 6.07 Å². The highest BCUT2D eigenvalue weighted by molar-refractivity contribution is 7.92. The number of aromatic nitrogens is 2. The zero-order valence-electron chi connectivity index (χ0n) is 10.7. The number of rotatable bonds is 4. The van der Waals surface area contributed by atoms with E-state index in [1.165, 1.54) is 18.2 Å². The Morgan fingerprint density at radius 3 is 2.60 bits per heavy atom. The molecule has 0 unspecified atom stereocenters. The number of anilines is 1. The number of benzene rings is 1. The SMILES string of the molecule is Cc1n[nH]c(C)c1NS(=O)(=O)c1cccc([N+](=O)[O-])c1. The molecule has 0 spiro atoms. The van der Waals surface area contributed by atoms with Crippen LogP contribution >= 0.6 is 0 Å². The van der Waals surface area contributed by atoms with Gasteiger partial charge in [0.05, 0.1) is 26.9 Å². The lowest BCUT2D eigenvalue weighted by Gasteiger charge is -2.07. The Labute approximate surface area is 115 Å². The smallest absolute Gasteiger partial charge is 0.270 e. The zero-order chi connectivity index (χ0) is 14.9. The summed E-state index contributed by atoms with van der Waals surface area (Å²) in [5, 5.41) is 17.2. The summed E-state index contributed by atoms with van der Waals surface area (Å²) >= 11 is 0. The van der Waals surface area contributed by atoms with Crippen molar-refractivity contribution in [2.24, 2.45) is 0 Å². The van der Waals surface area contributed by atoms with Gasteiger partial charge in [-0.2, -0.15) is 5.10 Å². The van der Waals surface area contributed by atoms with Crippen LogP contribution in [0.4, 0.5) is 11.4 Å². The van der Waals surface area contributed by atoms with Crippen LogP contribution in [0.15, 0.2) is 29.2 Å². The van der Waals surface area contributed by atoms with Crippen molar-refractivity contribution in [1.29, 1.82) is 0 Å². The van der Waals surface area contributed by atoms with Crippen molar-refractivity contribution in [2.75, 3.05) is 4.72 Å². The molecule has 9 heteroatoms. The number of non-ortho nitro benzene ring substituents is 1. The van der Waals surface area contributed by atoms with Crippen LogP contribution in [0.1, 0.15) is 11.4 Å². The standard InChI is InChI=1S/C11H12N4O4S/c1-7-11(8(2)13-12-7)14-20(18,19)10-5-3-4-9(6-10)15(16)17/h3-6,14H,1-2H3,(H,12,13). The molecule has 0 aliphatic carbocycles. The van der Waals surface area contributed by atoms with E-state index < -0.39 is 14.9 Å². The summed E-state index contributed by atoms with van der Waals surface area (Å²) in [6.45, 7) is 3.32. The molecule has 1 heterocycles. The molecule has 0 aliphatic heterocycles. The van der Waals surface area contributed by atoms with Gasteiger partial charge in [0.1, 0.15) is 0 Å². The number of sulfonamides is 1. The average molecular weight is 296 g/mol. The van der Waals surface area contributed by atoms with Crippen molar-refractivity contribution in [2.45, 2.75) is 18.7 Å². The second-order valence-electron chi connectivity index (χ2n) is 4.17. The Balaban J connectivity index is 2.41. The Morgan fingerprint density at radius 1 is 1.35 bits per heavy atom. The lowest BCUT2D eigenvalue weighted by atomic mass is 10.3. The second-order valence-corrected chi connectivity index (χ2v) is 5.85. The number of hydrogen-bond donors (Lipinski definition) is 2. The van der Waals surface area contributed by atoms with Crippen LogP contribution in [-0.4, -0.2) is 23.5 Å². The predicted molar refractivity (Wildman–Crippen MR) is 72.0 cm³/mol.